The van der Waals surface area contributed by atoms with Gasteiger partial charge in [0.05, 0.1) is 18.3 Å². The van der Waals surface area contributed by atoms with Gasteiger partial charge in [-0.05, 0) is 11.6 Å². The first kappa shape index (κ1) is 8.93. The molecule has 4 heteroatoms. The Morgan fingerprint density at radius 3 is 3.00 bits per heavy atom. The molecule has 0 saturated heterocycles. The fourth-order valence-electron chi connectivity index (χ4n) is 0.873. The van der Waals surface area contributed by atoms with Gasteiger partial charge < -0.3 is 10.5 Å². The molecule has 1 aromatic rings. The molecule has 1 heterocycles. The van der Waals surface area contributed by atoms with Gasteiger partial charge in [-0.2, -0.15) is 0 Å². The number of thiocarbonyl (C=S) groups is 1. The van der Waals surface area contributed by atoms with Crippen LogP contribution >= 0.6 is 12.2 Å². The van der Waals surface area contributed by atoms with Crippen molar-refractivity contribution in [1.82, 2.24) is 4.98 Å². The van der Waals surface area contributed by atoms with Gasteiger partial charge in [-0.15, -0.1) is 0 Å². The molecule has 0 radical (unpaired) electrons. The van der Waals surface area contributed by atoms with Gasteiger partial charge in [-0.3, -0.25) is 4.98 Å². The topological polar surface area (TPSA) is 48.1 Å². The number of hydrogen-bond acceptors (Lipinski definition) is 3. The fraction of sp³-hybridized carbons (Fsp3) is 0.250. The molecular formula is C8H10N2OS. The van der Waals surface area contributed by atoms with Crippen LogP contribution in [0.3, 0.4) is 0 Å². The third-order valence-electron chi connectivity index (χ3n) is 1.38. The molecule has 0 aliphatic rings. The lowest BCUT2D eigenvalue weighted by molar-refractivity contribution is 0.412. The van der Waals surface area contributed by atoms with Crippen LogP contribution in [0.4, 0.5) is 0 Å². The van der Waals surface area contributed by atoms with E-state index in [-0.39, 0.29) is 0 Å². The molecule has 1 aromatic heterocycles. The van der Waals surface area contributed by atoms with Crippen molar-refractivity contribution in [3.8, 4) is 5.75 Å². The van der Waals surface area contributed by atoms with Crippen LogP contribution in [0.25, 0.3) is 0 Å². The highest BCUT2D eigenvalue weighted by Crippen LogP contribution is 2.10. The van der Waals surface area contributed by atoms with Gasteiger partial charge in [-0.1, -0.05) is 12.2 Å². The Kier molecular flexibility index (Phi) is 2.99. The SMILES string of the molecule is COc1cncc(CC(N)=S)c1. The zero-order chi connectivity index (χ0) is 8.97. The number of hydrogen-bond donors (Lipinski definition) is 1. The van der Waals surface area contributed by atoms with Crippen molar-refractivity contribution in [1.29, 1.82) is 0 Å². The molecule has 2 N–H and O–H groups in total. The maximum absolute atomic E-state index is 5.38. The normalized spacial score (nSPS) is 9.42. The van der Waals surface area contributed by atoms with Gasteiger partial charge in [0, 0.05) is 12.6 Å². The molecule has 0 spiro atoms. The Morgan fingerprint density at radius 1 is 1.67 bits per heavy atom. The van der Waals surface area contributed by atoms with Crippen LogP contribution in [0.5, 0.6) is 5.75 Å². The summed E-state index contributed by atoms with van der Waals surface area (Å²) in [6.07, 6.45) is 3.93. The van der Waals surface area contributed by atoms with Crippen molar-refractivity contribution >= 4 is 17.2 Å². The Hall–Kier alpha value is -1.16. The zero-order valence-electron chi connectivity index (χ0n) is 6.78. The fourth-order valence-corrected chi connectivity index (χ4v) is 1.04. The van der Waals surface area contributed by atoms with E-state index >= 15 is 0 Å². The summed E-state index contributed by atoms with van der Waals surface area (Å²) in [4.78, 5) is 4.43. The summed E-state index contributed by atoms with van der Waals surface area (Å²) in [5, 5.41) is 0. The molecule has 0 amide bonds. The lowest BCUT2D eigenvalue weighted by Crippen LogP contribution is -2.11. The van der Waals surface area contributed by atoms with Gasteiger partial charge >= 0.3 is 0 Å². The number of methoxy groups -OCH3 is 1. The van der Waals surface area contributed by atoms with Gasteiger partial charge in [0.15, 0.2) is 0 Å². The summed E-state index contributed by atoms with van der Waals surface area (Å²) >= 11 is 4.77. The van der Waals surface area contributed by atoms with Crippen LogP contribution in [0.2, 0.25) is 0 Å². The van der Waals surface area contributed by atoms with Crippen LogP contribution in [0.1, 0.15) is 5.56 Å². The van der Waals surface area contributed by atoms with Gasteiger partial charge in [0.2, 0.25) is 0 Å². The highest BCUT2D eigenvalue weighted by atomic mass is 32.1. The molecule has 1 rings (SSSR count). The van der Waals surface area contributed by atoms with Crippen LogP contribution in [-0.4, -0.2) is 17.1 Å². The second-order valence-corrected chi connectivity index (χ2v) is 2.90. The zero-order valence-corrected chi connectivity index (χ0v) is 7.60. The predicted octanol–water partition coefficient (Wildman–Crippen LogP) is 0.919. The van der Waals surface area contributed by atoms with Gasteiger partial charge in [0.1, 0.15) is 5.75 Å². The second kappa shape index (κ2) is 4.01. The molecule has 0 aliphatic carbocycles. The number of nitrogens with two attached hydrogens (primary N) is 1. The van der Waals surface area contributed by atoms with Crippen molar-refractivity contribution in [2.75, 3.05) is 7.11 Å². The smallest absolute Gasteiger partial charge is 0.137 e. The van der Waals surface area contributed by atoms with Crippen molar-refractivity contribution in [3.05, 3.63) is 24.0 Å². The van der Waals surface area contributed by atoms with Crippen LogP contribution in [0.15, 0.2) is 18.5 Å². The maximum Gasteiger partial charge on any atom is 0.137 e. The van der Waals surface area contributed by atoms with E-state index in [9.17, 15) is 0 Å². The van der Waals surface area contributed by atoms with Crippen molar-refractivity contribution in [3.63, 3.8) is 0 Å². The summed E-state index contributed by atoms with van der Waals surface area (Å²) in [7, 11) is 1.60. The first-order chi connectivity index (χ1) is 5.72. The first-order valence-electron chi connectivity index (χ1n) is 3.48. The molecular weight excluding hydrogens is 172 g/mol. The van der Waals surface area contributed by atoms with E-state index in [0.717, 1.165) is 11.3 Å². The number of nitrogens with zero attached hydrogens (tertiary/aromatic N) is 1. The van der Waals surface area contributed by atoms with Crippen molar-refractivity contribution < 1.29 is 4.74 Å². The minimum absolute atomic E-state index is 0.463. The molecule has 64 valence electrons. The summed E-state index contributed by atoms with van der Waals surface area (Å²) in [6.45, 7) is 0. The molecule has 12 heavy (non-hydrogen) atoms. The Morgan fingerprint density at radius 2 is 2.42 bits per heavy atom. The van der Waals surface area contributed by atoms with Gasteiger partial charge in [-0.25, -0.2) is 0 Å². The Bertz CT molecular complexity index is 288. The minimum Gasteiger partial charge on any atom is -0.495 e. The minimum atomic E-state index is 0.463. The lowest BCUT2D eigenvalue weighted by atomic mass is 10.2. The number of aromatic nitrogens is 1. The monoisotopic (exact) mass is 182 g/mol. The standard InChI is InChI=1S/C8H10N2OS/c1-11-7-2-6(3-8(9)12)4-10-5-7/h2,4-5H,3H2,1H3,(H2,9,12). The van der Waals surface area contributed by atoms with Gasteiger partial charge in [0.25, 0.3) is 0 Å². The summed E-state index contributed by atoms with van der Waals surface area (Å²) in [6, 6.07) is 1.87. The summed E-state index contributed by atoms with van der Waals surface area (Å²) in [5.41, 5.74) is 6.35. The first-order valence-corrected chi connectivity index (χ1v) is 3.89. The molecule has 3 nitrogen and oxygen atoms in total. The lowest BCUT2D eigenvalue weighted by Gasteiger charge is -2.01. The molecule has 0 bridgehead atoms. The average molecular weight is 182 g/mol. The van der Waals surface area contributed by atoms with Crippen molar-refractivity contribution in [2.24, 2.45) is 5.73 Å². The number of pyridine rings is 1. The molecule has 0 saturated carbocycles. The summed E-state index contributed by atoms with van der Waals surface area (Å²) < 4.78 is 4.99. The predicted molar refractivity (Wildman–Crippen MR) is 51.3 cm³/mol. The quantitative estimate of drug-likeness (QED) is 0.706. The average Bonchev–Trinajstić information content (AvgIpc) is 2.03. The molecule has 0 fully saturated rings. The van der Waals surface area contributed by atoms with E-state index in [1.165, 1.54) is 0 Å². The van der Waals surface area contributed by atoms with E-state index < -0.39 is 0 Å². The molecule has 0 atom stereocenters. The van der Waals surface area contributed by atoms with Crippen LogP contribution in [-0.2, 0) is 6.42 Å². The van der Waals surface area contributed by atoms with E-state index in [2.05, 4.69) is 4.98 Å². The van der Waals surface area contributed by atoms with Crippen LogP contribution < -0.4 is 10.5 Å². The third-order valence-corrected chi connectivity index (χ3v) is 1.53. The third kappa shape index (κ3) is 2.47. The van der Waals surface area contributed by atoms with E-state index in [4.69, 9.17) is 22.7 Å². The number of rotatable bonds is 3. The molecule has 0 aromatic carbocycles. The van der Waals surface area contributed by atoms with Crippen molar-refractivity contribution in [2.45, 2.75) is 6.42 Å². The second-order valence-electron chi connectivity index (χ2n) is 2.38. The largest absolute Gasteiger partial charge is 0.495 e. The van der Waals surface area contributed by atoms with E-state index in [1.54, 1.807) is 19.5 Å². The molecule has 0 aliphatic heterocycles. The highest BCUT2D eigenvalue weighted by molar-refractivity contribution is 7.80. The summed E-state index contributed by atoms with van der Waals surface area (Å²) in [5.74, 6) is 0.726. The van der Waals surface area contributed by atoms with E-state index in [0.29, 0.717) is 11.4 Å². The Balaban J connectivity index is 2.79. The number of ether oxygens (including phenoxy) is 1. The molecule has 0 unspecified atom stereocenters. The van der Waals surface area contributed by atoms with E-state index in [1.807, 2.05) is 6.07 Å². The van der Waals surface area contributed by atoms with Crippen LogP contribution in [0, 0.1) is 0 Å². The highest BCUT2D eigenvalue weighted by Gasteiger charge is 1.97. The maximum atomic E-state index is 5.38. The Labute approximate surface area is 76.6 Å².